The second-order valence-corrected chi connectivity index (χ2v) is 9.91. The maximum absolute atomic E-state index is 12.6. The van der Waals surface area contributed by atoms with E-state index in [4.69, 9.17) is 11.5 Å². The van der Waals surface area contributed by atoms with E-state index in [9.17, 15) is 14.8 Å². The summed E-state index contributed by atoms with van der Waals surface area (Å²) in [6, 6.07) is 0.969. The molecule has 3 aromatic heterocycles. The van der Waals surface area contributed by atoms with Gasteiger partial charge in [0.1, 0.15) is 22.1 Å². The van der Waals surface area contributed by atoms with Gasteiger partial charge in [-0.25, -0.2) is 4.98 Å². The van der Waals surface area contributed by atoms with E-state index >= 15 is 0 Å². The minimum atomic E-state index is -0.732. The number of β-lactam (4-membered cyclic amide) rings is 1. The molecule has 0 bridgehead atoms. The summed E-state index contributed by atoms with van der Waals surface area (Å²) in [4.78, 5) is 30.7. The Morgan fingerprint density at radius 2 is 2.27 bits per heavy atom. The van der Waals surface area contributed by atoms with Crippen molar-refractivity contribution >= 4 is 68.9 Å². The zero-order chi connectivity index (χ0) is 23.1. The predicted molar refractivity (Wildman–Crippen MR) is 122 cm³/mol. The van der Waals surface area contributed by atoms with Crippen molar-refractivity contribution in [1.82, 2.24) is 40.5 Å². The van der Waals surface area contributed by atoms with E-state index in [0.29, 0.717) is 27.9 Å². The molecule has 6 N–H and O–H groups in total. The number of hydrogen-bond donors (Lipinski definition) is 4. The minimum Gasteiger partial charge on any atom is -0.410 e. The van der Waals surface area contributed by atoms with Crippen molar-refractivity contribution < 1.29 is 14.8 Å². The van der Waals surface area contributed by atoms with Crippen molar-refractivity contribution in [3.63, 3.8) is 0 Å². The number of thioether (sulfide) groups is 2. The van der Waals surface area contributed by atoms with Crippen LogP contribution < -0.4 is 16.8 Å². The number of amides is 2. The number of nitrogen functional groups attached to an aromatic ring is 2. The van der Waals surface area contributed by atoms with Crippen LogP contribution in [0.1, 0.15) is 5.69 Å². The third kappa shape index (κ3) is 3.93. The number of nitrogens with zero attached hydrogens (tertiary/aromatic N) is 8. The largest absolute Gasteiger partial charge is 0.410 e. The van der Waals surface area contributed by atoms with Crippen molar-refractivity contribution in [1.29, 1.82) is 0 Å². The number of nitrogens with one attached hydrogen (secondary N) is 1. The van der Waals surface area contributed by atoms with Crippen molar-refractivity contribution in [2.45, 2.75) is 16.4 Å². The smallest absolute Gasteiger partial charge is 0.276 e. The van der Waals surface area contributed by atoms with Gasteiger partial charge >= 0.3 is 0 Å². The fourth-order valence-electron chi connectivity index (χ4n) is 3.24. The number of nitrogens with two attached hydrogens (primary N) is 2. The topological polar surface area (TPSA) is 203 Å². The van der Waals surface area contributed by atoms with Gasteiger partial charge in [0.2, 0.25) is 5.65 Å². The summed E-state index contributed by atoms with van der Waals surface area (Å²) in [5.41, 5.74) is 13.2. The fourth-order valence-corrected chi connectivity index (χ4v) is 6.03. The monoisotopic (exact) mass is 505 g/mol. The lowest BCUT2D eigenvalue weighted by molar-refractivity contribution is -0.143. The summed E-state index contributed by atoms with van der Waals surface area (Å²) < 4.78 is 1.27. The summed E-state index contributed by atoms with van der Waals surface area (Å²) in [5.74, 6) is 0.302. The second kappa shape index (κ2) is 8.49. The molecule has 1 saturated heterocycles. The first kappa shape index (κ1) is 21.4. The van der Waals surface area contributed by atoms with Gasteiger partial charge < -0.3 is 26.9 Å². The van der Waals surface area contributed by atoms with Crippen LogP contribution in [0.3, 0.4) is 0 Å². The molecule has 0 aliphatic carbocycles. The first-order valence-corrected chi connectivity index (χ1v) is 12.2. The van der Waals surface area contributed by atoms with Crippen LogP contribution in [0, 0.1) is 0 Å². The molecular formula is C16H15N11O3S3. The third-order valence-electron chi connectivity index (χ3n) is 4.80. The molecule has 0 spiro atoms. The third-order valence-corrected chi connectivity index (χ3v) is 7.86. The predicted octanol–water partition coefficient (Wildman–Crippen LogP) is -0.605. The van der Waals surface area contributed by atoms with E-state index in [-0.39, 0.29) is 27.8 Å². The molecule has 0 aromatic carbocycles. The molecule has 3 aromatic rings. The van der Waals surface area contributed by atoms with Crippen LogP contribution >= 0.6 is 34.9 Å². The Kier molecular flexibility index (Phi) is 5.51. The number of aromatic nitrogens is 6. The molecule has 1 fully saturated rings. The summed E-state index contributed by atoms with van der Waals surface area (Å²) >= 11 is 4.09. The zero-order valence-electron chi connectivity index (χ0n) is 16.5. The van der Waals surface area contributed by atoms with Crippen molar-refractivity contribution in [2.24, 2.45) is 5.16 Å². The maximum atomic E-state index is 12.6. The number of oxime groups is 1. The Labute approximate surface area is 197 Å². The standard InChI is InChI=1S/C16H15N11O3S3/c17-7-1-9(22-27-12(7)21-24-25-27)31-3-6-2-26-14(29)11(15(26)32-4-6)20-13(28)10(23-30)8-5-33-16(18)19-8/h1-2,5,11,15,30H,3-4,17H2,(H2,18,19)(H,20,28)/b23-10+. The van der Waals surface area contributed by atoms with Gasteiger partial charge in [-0.2, -0.15) is 0 Å². The summed E-state index contributed by atoms with van der Waals surface area (Å²) in [6.07, 6.45) is 1.79. The molecule has 33 heavy (non-hydrogen) atoms. The van der Waals surface area contributed by atoms with E-state index in [2.05, 4.69) is 36.1 Å². The number of rotatable bonds is 6. The van der Waals surface area contributed by atoms with Crippen LogP contribution in [0.15, 0.2) is 33.4 Å². The second-order valence-electron chi connectivity index (χ2n) is 6.92. The van der Waals surface area contributed by atoms with E-state index in [1.165, 1.54) is 33.5 Å². The molecular weight excluding hydrogens is 490 g/mol. The number of tetrazole rings is 1. The van der Waals surface area contributed by atoms with Crippen LogP contribution in [0.5, 0.6) is 0 Å². The van der Waals surface area contributed by atoms with Crippen LogP contribution in [-0.2, 0) is 9.59 Å². The van der Waals surface area contributed by atoms with Crippen LogP contribution in [-0.4, -0.2) is 80.8 Å². The Morgan fingerprint density at radius 1 is 1.42 bits per heavy atom. The van der Waals surface area contributed by atoms with Crippen LogP contribution in [0.4, 0.5) is 10.8 Å². The van der Waals surface area contributed by atoms with Crippen molar-refractivity contribution in [3.05, 3.63) is 28.9 Å². The van der Waals surface area contributed by atoms with Crippen molar-refractivity contribution in [3.8, 4) is 0 Å². The average molecular weight is 506 g/mol. The average Bonchev–Trinajstić information content (AvgIpc) is 3.45. The zero-order valence-corrected chi connectivity index (χ0v) is 19.0. The molecule has 2 aliphatic heterocycles. The van der Waals surface area contributed by atoms with Crippen molar-refractivity contribution in [2.75, 3.05) is 23.0 Å². The highest BCUT2D eigenvalue weighted by molar-refractivity contribution is 8.01. The highest BCUT2D eigenvalue weighted by atomic mass is 32.2. The number of carbonyl (C=O) groups excluding carboxylic acids is 2. The number of carbonyl (C=O) groups is 2. The summed E-state index contributed by atoms with van der Waals surface area (Å²) in [6.45, 7) is 0. The van der Waals surface area contributed by atoms with E-state index < -0.39 is 11.9 Å². The highest BCUT2D eigenvalue weighted by Crippen LogP contribution is 2.37. The molecule has 5 heterocycles. The lowest BCUT2D eigenvalue weighted by atomic mass is 10.1. The van der Waals surface area contributed by atoms with Gasteiger partial charge in [-0.3, -0.25) is 9.59 Å². The Bertz CT molecular complexity index is 1320. The van der Waals surface area contributed by atoms with E-state index in [1.807, 2.05) is 0 Å². The Hall–Kier alpha value is -3.44. The molecule has 14 nitrogen and oxygen atoms in total. The quantitative estimate of drug-likeness (QED) is 0.109. The molecule has 170 valence electrons. The lowest BCUT2D eigenvalue weighted by Crippen LogP contribution is -2.69. The molecule has 2 aliphatic rings. The number of thiazole rings is 1. The summed E-state index contributed by atoms with van der Waals surface area (Å²) in [7, 11) is 0. The normalized spacial score (nSPS) is 20.4. The van der Waals surface area contributed by atoms with Gasteiger partial charge in [-0.1, -0.05) is 16.9 Å². The fraction of sp³-hybridized carbons (Fsp3) is 0.250. The molecule has 5 rings (SSSR count). The number of fused-ring (bicyclic) bond motifs is 2. The van der Waals surface area contributed by atoms with Gasteiger partial charge in [0.15, 0.2) is 10.8 Å². The summed E-state index contributed by atoms with van der Waals surface area (Å²) in [5, 5.41) is 32.4. The maximum Gasteiger partial charge on any atom is 0.276 e. The SMILES string of the molecule is Nc1nc(/C(=N\O)C(=O)NC2C(=O)N3C=C(CSc4cc(N)c5nnnn5n4)CSC23)cs1. The lowest BCUT2D eigenvalue weighted by Gasteiger charge is -2.47. The first-order chi connectivity index (χ1) is 15.9. The van der Waals surface area contributed by atoms with Gasteiger partial charge in [0, 0.05) is 23.1 Å². The molecule has 0 radical (unpaired) electrons. The molecule has 2 amide bonds. The van der Waals surface area contributed by atoms with Crippen LogP contribution in [0.2, 0.25) is 0 Å². The highest BCUT2D eigenvalue weighted by Gasteiger charge is 2.49. The molecule has 0 saturated carbocycles. The van der Waals surface area contributed by atoms with E-state index in [0.717, 1.165) is 16.9 Å². The molecule has 2 atom stereocenters. The van der Waals surface area contributed by atoms with Gasteiger partial charge in [0.25, 0.3) is 11.8 Å². The number of anilines is 2. The van der Waals surface area contributed by atoms with E-state index in [1.54, 1.807) is 17.2 Å². The van der Waals surface area contributed by atoms with Gasteiger partial charge in [0.05, 0.1) is 5.69 Å². The molecule has 17 heteroatoms. The van der Waals surface area contributed by atoms with Gasteiger partial charge in [-0.05, 0) is 22.1 Å². The number of hydrogen-bond acceptors (Lipinski definition) is 14. The molecule has 2 unspecified atom stereocenters. The Morgan fingerprint density at radius 3 is 3.03 bits per heavy atom. The van der Waals surface area contributed by atoms with Gasteiger partial charge in [-0.15, -0.1) is 37.9 Å². The van der Waals surface area contributed by atoms with Crippen LogP contribution in [0.25, 0.3) is 5.65 Å². The Balaban J connectivity index is 1.21. The minimum absolute atomic E-state index is 0.144. The first-order valence-electron chi connectivity index (χ1n) is 9.30.